The van der Waals surface area contributed by atoms with Crippen LogP contribution in [-0.2, 0) is 17.6 Å². The van der Waals surface area contributed by atoms with Crippen molar-refractivity contribution in [3.8, 4) is 11.5 Å². The highest BCUT2D eigenvalue weighted by atomic mass is 35.5. The standard InChI is InChI=1S/C17H16ClNO3/c18-13-5-7-16(20)15(9-13)19-17(21)10-22-14-6-4-11-2-1-3-12(11)8-14/h4-9,20H,1-3,10H2,(H,19,21). The second kappa shape index (κ2) is 6.28. The Bertz CT molecular complexity index is 715. The summed E-state index contributed by atoms with van der Waals surface area (Å²) in [5, 5.41) is 12.7. The van der Waals surface area contributed by atoms with Gasteiger partial charge in [-0.1, -0.05) is 17.7 Å². The fraction of sp³-hybridized carbons (Fsp3) is 0.235. The zero-order valence-electron chi connectivity index (χ0n) is 11.9. The third-order valence-corrected chi connectivity index (χ3v) is 3.91. The van der Waals surface area contributed by atoms with Crippen molar-refractivity contribution >= 4 is 23.2 Å². The van der Waals surface area contributed by atoms with Crippen LogP contribution < -0.4 is 10.1 Å². The predicted molar refractivity (Wildman–Crippen MR) is 85.7 cm³/mol. The first-order valence-corrected chi connectivity index (χ1v) is 7.52. The van der Waals surface area contributed by atoms with Crippen LogP contribution in [0.25, 0.3) is 0 Å². The molecule has 0 saturated heterocycles. The number of phenolic OH excluding ortho intramolecular Hbond substituents is 1. The van der Waals surface area contributed by atoms with Crippen molar-refractivity contribution in [1.82, 2.24) is 0 Å². The molecular weight excluding hydrogens is 302 g/mol. The maximum absolute atomic E-state index is 11.9. The van der Waals surface area contributed by atoms with Gasteiger partial charge in [-0.05, 0) is 60.7 Å². The summed E-state index contributed by atoms with van der Waals surface area (Å²) in [5.74, 6) is 0.305. The van der Waals surface area contributed by atoms with Crippen molar-refractivity contribution in [1.29, 1.82) is 0 Å². The number of benzene rings is 2. The molecule has 0 atom stereocenters. The number of rotatable bonds is 4. The number of anilines is 1. The third kappa shape index (κ3) is 3.34. The van der Waals surface area contributed by atoms with Crippen molar-refractivity contribution in [2.75, 3.05) is 11.9 Å². The minimum Gasteiger partial charge on any atom is -0.506 e. The highest BCUT2D eigenvalue weighted by Crippen LogP contribution is 2.27. The van der Waals surface area contributed by atoms with E-state index < -0.39 is 0 Å². The van der Waals surface area contributed by atoms with Crippen molar-refractivity contribution in [2.45, 2.75) is 19.3 Å². The number of phenols is 1. The first-order valence-electron chi connectivity index (χ1n) is 7.15. The van der Waals surface area contributed by atoms with E-state index in [0.29, 0.717) is 10.8 Å². The van der Waals surface area contributed by atoms with Crippen LogP contribution in [-0.4, -0.2) is 17.6 Å². The van der Waals surface area contributed by atoms with Gasteiger partial charge in [-0.2, -0.15) is 0 Å². The lowest BCUT2D eigenvalue weighted by Gasteiger charge is -2.10. The molecule has 2 aromatic rings. The molecule has 5 heteroatoms. The molecule has 3 rings (SSSR count). The van der Waals surface area contributed by atoms with Crippen molar-refractivity contribution in [3.63, 3.8) is 0 Å². The van der Waals surface area contributed by atoms with E-state index in [0.717, 1.165) is 12.8 Å². The summed E-state index contributed by atoms with van der Waals surface area (Å²) >= 11 is 5.83. The maximum atomic E-state index is 11.9. The number of carbonyl (C=O) groups excluding carboxylic acids is 1. The van der Waals surface area contributed by atoms with Gasteiger partial charge in [0, 0.05) is 5.02 Å². The zero-order valence-corrected chi connectivity index (χ0v) is 12.7. The minimum absolute atomic E-state index is 0.0321. The van der Waals surface area contributed by atoms with Crippen LogP contribution >= 0.6 is 11.6 Å². The number of carbonyl (C=O) groups is 1. The van der Waals surface area contributed by atoms with Gasteiger partial charge in [0.05, 0.1) is 5.69 Å². The predicted octanol–water partition coefficient (Wildman–Crippen LogP) is 3.55. The molecule has 4 nitrogen and oxygen atoms in total. The van der Waals surface area contributed by atoms with E-state index in [1.54, 1.807) is 6.07 Å². The zero-order chi connectivity index (χ0) is 15.5. The lowest BCUT2D eigenvalue weighted by molar-refractivity contribution is -0.118. The normalized spacial score (nSPS) is 12.8. The average molecular weight is 318 g/mol. The van der Waals surface area contributed by atoms with Crippen LogP contribution in [0.5, 0.6) is 11.5 Å². The molecule has 0 unspecified atom stereocenters. The van der Waals surface area contributed by atoms with Gasteiger partial charge in [0.15, 0.2) is 6.61 Å². The van der Waals surface area contributed by atoms with Gasteiger partial charge in [-0.3, -0.25) is 4.79 Å². The lowest BCUT2D eigenvalue weighted by Crippen LogP contribution is -2.20. The van der Waals surface area contributed by atoms with Crippen molar-refractivity contribution in [3.05, 3.63) is 52.5 Å². The number of halogens is 1. The summed E-state index contributed by atoms with van der Waals surface area (Å²) in [6.45, 7) is -0.120. The molecule has 0 fully saturated rings. The van der Waals surface area contributed by atoms with Crippen LogP contribution in [0.3, 0.4) is 0 Å². The number of ether oxygens (including phenoxy) is 1. The second-order valence-electron chi connectivity index (χ2n) is 5.28. The molecule has 114 valence electrons. The summed E-state index contributed by atoms with van der Waals surface area (Å²) in [6, 6.07) is 10.4. The fourth-order valence-corrected chi connectivity index (χ4v) is 2.75. The summed E-state index contributed by atoms with van der Waals surface area (Å²) in [4.78, 5) is 11.9. The molecule has 1 amide bonds. The molecule has 1 aliphatic rings. The van der Waals surface area contributed by atoms with E-state index in [9.17, 15) is 9.90 Å². The number of fused-ring (bicyclic) bond motifs is 1. The molecule has 0 saturated carbocycles. The molecule has 0 heterocycles. The Morgan fingerprint density at radius 1 is 1.18 bits per heavy atom. The number of hydrogen-bond acceptors (Lipinski definition) is 3. The molecular formula is C17H16ClNO3. The number of aryl methyl sites for hydroxylation is 2. The molecule has 22 heavy (non-hydrogen) atoms. The molecule has 2 aromatic carbocycles. The Labute approximate surface area is 133 Å². The van der Waals surface area contributed by atoms with E-state index in [4.69, 9.17) is 16.3 Å². The van der Waals surface area contributed by atoms with Crippen LogP contribution in [0.15, 0.2) is 36.4 Å². The molecule has 0 spiro atoms. The van der Waals surface area contributed by atoms with Crippen LogP contribution in [0.1, 0.15) is 17.5 Å². The van der Waals surface area contributed by atoms with Crippen LogP contribution in [0.4, 0.5) is 5.69 Å². The van der Waals surface area contributed by atoms with Gasteiger partial charge >= 0.3 is 0 Å². The Morgan fingerprint density at radius 3 is 2.86 bits per heavy atom. The van der Waals surface area contributed by atoms with Crippen molar-refractivity contribution < 1.29 is 14.6 Å². The minimum atomic E-state index is -0.349. The van der Waals surface area contributed by atoms with Gasteiger partial charge < -0.3 is 15.2 Å². The number of amides is 1. The van der Waals surface area contributed by atoms with E-state index in [2.05, 4.69) is 11.4 Å². The Morgan fingerprint density at radius 2 is 2.00 bits per heavy atom. The Balaban J connectivity index is 1.59. The Kier molecular flexibility index (Phi) is 4.20. The summed E-state index contributed by atoms with van der Waals surface area (Å²) in [6.07, 6.45) is 3.35. The average Bonchev–Trinajstić information content (AvgIpc) is 2.96. The SMILES string of the molecule is O=C(COc1ccc2c(c1)CCC2)Nc1cc(Cl)ccc1O. The molecule has 0 bridgehead atoms. The van der Waals surface area contributed by atoms with E-state index in [1.807, 2.05) is 12.1 Å². The maximum Gasteiger partial charge on any atom is 0.262 e. The third-order valence-electron chi connectivity index (χ3n) is 3.67. The molecule has 2 N–H and O–H groups in total. The summed E-state index contributed by atoms with van der Waals surface area (Å²) < 4.78 is 5.51. The number of hydrogen-bond donors (Lipinski definition) is 2. The molecule has 0 aliphatic heterocycles. The first-order chi connectivity index (χ1) is 10.6. The number of nitrogens with one attached hydrogen (secondary N) is 1. The Hall–Kier alpha value is -2.20. The molecule has 0 radical (unpaired) electrons. The highest BCUT2D eigenvalue weighted by molar-refractivity contribution is 6.31. The van der Waals surface area contributed by atoms with E-state index in [1.165, 1.54) is 29.7 Å². The van der Waals surface area contributed by atoms with Gasteiger partial charge in [0.2, 0.25) is 0 Å². The van der Waals surface area contributed by atoms with Crippen LogP contribution in [0.2, 0.25) is 5.02 Å². The van der Waals surface area contributed by atoms with E-state index >= 15 is 0 Å². The largest absolute Gasteiger partial charge is 0.506 e. The fourth-order valence-electron chi connectivity index (χ4n) is 2.58. The van der Waals surface area contributed by atoms with Crippen LogP contribution in [0, 0.1) is 0 Å². The summed E-state index contributed by atoms with van der Waals surface area (Å²) in [5.41, 5.74) is 2.93. The summed E-state index contributed by atoms with van der Waals surface area (Å²) in [7, 11) is 0. The topological polar surface area (TPSA) is 58.6 Å². The van der Waals surface area contributed by atoms with Gasteiger partial charge in [-0.25, -0.2) is 0 Å². The quantitative estimate of drug-likeness (QED) is 0.848. The lowest BCUT2D eigenvalue weighted by atomic mass is 10.1. The first kappa shape index (κ1) is 14.7. The smallest absolute Gasteiger partial charge is 0.262 e. The van der Waals surface area contributed by atoms with Gasteiger partial charge in [-0.15, -0.1) is 0 Å². The molecule has 0 aromatic heterocycles. The van der Waals surface area contributed by atoms with Crippen molar-refractivity contribution in [2.24, 2.45) is 0 Å². The van der Waals surface area contributed by atoms with E-state index in [-0.39, 0.29) is 24.0 Å². The highest BCUT2D eigenvalue weighted by Gasteiger charge is 2.12. The molecule has 1 aliphatic carbocycles. The monoisotopic (exact) mass is 317 g/mol. The number of aromatic hydroxyl groups is 1. The second-order valence-corrected chi connectivity index (χ2v) is 5.72. The van der Waals surface area contributed by atoms with Gasteiger partial charge in [0.1, 0.15) is 11.5 Å². The van der Waals surface area contributed by atoms with Gasteiger partial charge in [0.25, 0.3) is 5.91 Å².